The van der Waals surface area contributed by atoms with Crippen molar-refractivity contribution in [3.05, 3.63) is 133 Å². The Bertz CT molecular complexity index is 1570. The third kappa shape index (κ3) is 12.2. The molecule has 1 aliphatic rings. The second-order valence-corrected chi connectivity index (χ2v) is 12.6. The summed E-state index contributed by atoms with van der Waals surface area (Å²) in [5.74, 6) is 0.714. The lowest BCUT2D eigenvalue weighted by Gasteiger charge is -2.31. The molecule has 4 aromatic rings. The number of ether oxygens (including phenoxy) is 6. The SMILES string of the molecule is C=CC(=O)OCCCOc1ccc(-c2ccc(CO[C@@H]3CCCC[C@H]3OCc3ccc(-c4ccc(OCCCOC(=O)C=C)cc4)cc3)cc2)cc1. The number of hydrogen-bond donors (Lipinski definition) is 0. The van der Waals surface area contributed by atoms with E-state index in [9.17, 15) is 9.59 Å². The highest BCUT2D eigenvalue weighted by molar-refractivity contribution is 5.81. The summed E-state index contributed by atoms with van der Waals surface area (Å²) in [5.41, 5.74) is 6.73. The molecule has 1 fully saturated rings. The van der Waals surface area contributed by atoms with E-state index in [1.54, 1.807) is 0 Å². The smallest absolute Gasteiger partial charge is 0.330 e. The number of carbonyl (C=O) groups excluding carboxylic acids is 2. The first-order valence-electron chi connectivity index (χ1n) is 18.0. The molecular formula is C44H48O8. The second-order valence-electron chi connectivity index (χ2n) is 12.6. The second kappa shape index (κ2) is 20.6. The zero-order valence-electron chi connectivity index (χ0n) is 29.7. The summed E-state index contributed by atoms with van der Waals surface area (Å²) >= 11 is 0. The molecule has 0 radical (unpaired) electrons. The average molecular weight is 705 g/mol. The molecule has 8 heteroatoms. The van der Waals surface area contributed by atoms with Gasteiger partial charge in [-0.25, -0.2) is 9.59 Å². The Hall–Kier alpha value is -5.18. The minimum atomic E-state index is -0.420. The molecule has 5 rings (SSSR count). The topological polar surface area (TPSA) is 89.5 Å². The summed E-state index contributed by atoms with van der Waals surface area (Å²) in [4.78, 5) is 22.2. The van der Waals surface area contributed by atoms with Crippen molar-refractivity contribution in [3.63, 3.8) is 0 Å². The van der Waals surface area contributed by atoms with E-state index >= 15 is 0 Å². The van der Waals surface area contributed by atoms with Gasteiger partial charge in [0.15, 0.2) is 0 Å². The Balaban J connectivity index is 1.03. The van der Waals surface area contributed by atoms with Crippen LogP contribution >= 0.6 is 0 Å². The Kier molecular flexibility index (Phi) is 15.1. The fourth-order valence-corrected chi connectivity index (χ4v) is 5.89. The van der Waals surface area contributed by atoms with Gasteiger partial charge in [-0.1, -0.05) is 98.8 Å². The van der Waals surface area contributed by atoms with Crippen LogP contribution in [0.1, 0.15) is 49.7 Å². The highest BCUT2D eigenvalue weighted by Crippen LogP contribution is 2.28. The number of hydrogen-bond acceptors (Lipinski definition) is 8. The first-order chi connectivity index (χ1) is 25.5. The molecule has 8 nitrogen and oxygen atoms in total. The highest BCUT2D eigenvalue weighted by Gasteiger charge is 2.26. The number of benzene rings is 4. The molecular weight excluding hydrogens is 656 g/mol. The molecule has 272 valence electrons. The molecule has 0 amide bonds. The van der Waals surface area contributed by atoms with Gasteiger partial charge >= 0.3 is 11.9 Å². The minimum absolute atomic E-state index is 0.0668. The Labute approximate surface area is 307 Å². The van der Waals surface area contributed by atoms with E-state index < -0.39 is 11.9 Å². The molecule has 0 spiro atoms. The van der Waals surface area contributed by atoms with Gasteiger partial charge in [-0.15, -0.1) is 0 Å². The minimum Gasteiger partial charge on any atom is -0.493 e. The molecule has 4 aromatic carbocycles. The lowest BCUT2D eigenvalue weighted by Crippen LogP contribution is -2.34. The molecule has 2 atom stereocenters. The van der Waals surface area contributed by atoms with Crippen molar-refractivity contribution < 1.29 is 38.0 Å². The van der Waals surface area contributed by atoms with Crippen LogP contribution in [0.3, 0.4) is 0 Å². The molecule has 1 saturated carbocycles. The lowest BCUT2D eigenvalue weighted by atomic mass is 9.94. The summed E-state index contributed by atoms with van der Waals surface area (Å²) in [6, 6.07) is 33.0. The van der Waals surface area contributed by atoms with Crippen LogP contribution in [-0.2, 0) is 41.8 Å². The van der Waals surface area contributed by atoms with Crippen LogP contribution in [-0.4, -0.2) is 50.6 Å². The van der Waals surface area contributed by atoms with Gasteiger partial charge in [0.05, 0.1) is 51.8 Å². The van der Waals surface area contributed by atoms with E-state index in [1.807, 2.05) is 48.5 Å². The van der Waals surface area contributed by atoms with E-state index in [2.05, 4.69) is 61.7 Å². The molecule has 0 N–H and O–H groups in total. The maximum atomic E-state index is 11.1. The van der Waals surface area contributed by atoms with E-state index in [-0.39, 0.29) is 12.2 Å². The molecule has 52 heavy (non-hydrogen) atoms. The molecule has 0 aromatic heterocycles. The quantitative estimate of drug-likeness (QED) is 0.0512. The van der Waals surface area contributed by atoms with Gasteiger partial charge in [-0.2, -0.15) is 0 Å². The van der Waals surface area contributed by atoms with Gasteiger partial charge < -0.3 is 28.4 Å². The normalized spacial score (nSPS) is 15.3. The maximum absolute atomic E-state index is 11.1. The van der Waals surface area contributed by atoms with Crippen LogP contribution in [0.15, 0.2) is 122 Å². The predicted octanol–water partition coefficient (Wildman–Crippen LogP) is 9.06. The standard InChI is InChI=1S/C44H48O8/c1-3-43(45)49-29-7-27-47-39-23-19-37(20-24-39)35-15-11-33(12-16-35)31-51-41-9-5-6-10-42(41)52-32-34-13-17-36(18-14-34)38-21-25-40(26-22-38)48-28-8-30-50-44(46)4-2/h3-4,11-26,41-42H,1-2,5-10,27-32H2/t41-,42-/m1/s1. The fourth-order valence-electron chi connectivity index (χ4n) is 5.89. The van der Waals surface area contributed by atoms with Crippen LogP contribution < -0.4 is 9.47 Å². The third-order valence-electron chi connectivity index (χ3n) is 8.79. The van der Waals surface area contributed by atoms with E-state index in [4.69, 9.17) is 28.4 Å². The molecule has 0 aliphatic heterocycles. The van der Waals surface area contributed by atoms with Crippen molar-refractivity contribution in [1.29, 1.82) is 0 Å². The molecule has 1 aliphatic carbocycles. The number of carbonyl (C=O) groups is 2. The van der Waals surface area contributed by atoms with Crippen molar-refractivity contribution in [2.75, 3.05) is 26.4 Å². The van der Waals surface area contributed by atoms with E-state index in [0.717, 1.165) is 82.7 Å². The fraction of sp³-hybridized carbons (Fsp3) is 0.318. The summed E-state index contributed by atoms with van der Waals surface area (Å²) in [6.07, 6.45) is 7.97. The van der Waals surface area contributed by atoms with Gasteiger partial charge in [0, 0.05) is 25.0 Å². The average Bonchev–Trinajstić information content (AvgIpc) is 3.20. The maximum Gasteiger partial charge on any atom is 0.330 e. The highest BCUT2D eigenvalue weighted by atomic mass is 16.5. The third-order valence-corrected chi connectivity index (χ3v) is 8.79. The molecule has 0 saturated heterocycles. The number of rotatable bonds is 20. The molecule has 0 heterocycles. The molecule has 0 unspecified atom stereocenters. The van der Waals surface area contributed by atoms with Gasteiger partial charge in [0.2, 0.25) is 0 Å². The van der Waals surface area contributed by atoms with Crippen molar-refractivity contribution in [3.8, 4) is 33.8 Å². The predicted molar refractivity (Wildman–Crippen MR) is 202 cm³/mol. The van der Waals surface area contributed by atoms with Crippen LogP contribution in [0.25, 0.3) is 22.3 Å². The van der Waals surface area contributed by atoms with Crippen LogP contribution in [0.5, 0.6) is 11.5 Å². The van der Waals surface area contributed by atoms with Gasteiger partial charge in [-0.3, -0.25) is 0 Å². The summed E-state index contributed by atoms with van der Waals surface area (Å²) in [7, 11) is 0. The zero-order valence-corrected chi connectivity index (χ0v) is 29.7. The lowest BCUT2D eigenvalue weighted by molar-refractivity contribution is -0.138. The Morgan fingerprint density at radius 1 is 0.519 bits per heavy atom. The molecule has 0 bridgehead atoms. The van der Waals surface area contributed by atoms with E-state index in [1.165, 1.54) is 0 Å². The summed E-state index contributed by atoms with van der Waals surface area (Å²) in [5, 5.41) is 0. The Morgan fingerprint density at radius 2 is 0.865 bits per heavy atom. The summed E-state index contributed by atoms with van der Waals surface area (Å²) < 4.78 is 34.3. The van der Waals surface area contributed by atoms with Crippen LogP contribution in [0.4, 0.5) is 0 Å². The van der Waals surface area contributed by atoms with Crippen molar-refractivity contribution in [2.24, 2.45) is 0 Å². The largest absolute Gasteiger partial charge is 0.493 e. The first-order valence-corrected chi connectivity index (χ1v) is 18.0. The number of esters is 2. The summed E-state index contributed by atoms with van der Waals surface area (Å²) in [6.45, 7) is 9.40. The van der Waals surface area contributed by atoms with Gasteiger partial charge in [0.25, 0.3) is 0 Å². The van der Waals surface area contributed by atoms with E-state index in [0.29, 0.717) is 52.5 Å². The van der Waals surface area contributed by atoms with Crippen LogP contribution in [0.2, 0.25) is 0 Å². The monoisotopic (exact) mass is 704 g/mol. The Morgan fingerprint density at radius 3 is 1.21 bits per heavy atom. The zero-order chi connectivity index (χ0) is 36.4. The first kappa shape index (κ1) is 38.1. The van der Waals surface area contributed by atoms with Gasteiger partial charge in [0.1, 0.15) is 11.5 Å². The van der Waals surface area contributed by atoms with Gasteiger partial charge in [-0.05, 0) is 70.5 Å². The van der Waals surface area contributed by atoms with Crippen molar-refractivity contribution in [2.45, 2.75) is 63.9 Å². The van der Waals surface area contributed by atoms with Crippen LogP contribution in [0, 0.1) is 0 Å². The van der Waals surface area contributed by atoms with Crippen molar-refractivity contribution in [1.82, 2.24) is 0 Å². The van der Waals surface area contributed by atoms with Crippen molar-refractivity contribution >= 4 is 11.9 Å².